The highest BCUT2D eigenvalue weighted by Gasteiger charge is 2.59. The van der Waals surface area contributed by atoms with Crippen LogP contribution in [0, 0.1) is 0 Å². The highest BCUT2D eigenvalue weighted by atomic mass is 32.2. The molecule has 1 amide bonds. The van der Waals surface area contributed by atoms with Crippen LogP contribution in [0.2, 0.25) is 0 Å². The van der Waals surface area contributed by atoms with E-state index in [9.17, 15) is 9.59 Å². The van der Waals surface area contributed by atoms with Crippen LogP contribution in [0.1, 0.15) is 27.2 Å². The van der Waals surface area contributed by atoms with Gasteiger partial charge in [-0.2, -0.15) is 0 Å². The number of thioether (sulfide) groups is 1. The first-order chi connectivity index (χ1) is 9.92. The predicted octanol–water partition coefficient (Wildman–Crippen LogP) is 2.18. The second kappa shape index (κ2) is 4.81. The summed E-state index contributed by atoms with van der Waals surface area (Å²) in [7, 11) is 0. The fourth-order valence-corrected chi connectivity index (χ4v) is 4.10. The Hall–Kier alpha value is -1.49. The number of nitrogens with zero attached hydrogens (tertiary/aromatic N) is 1. The van der Waals surface area contributed by atoms with Crippen molar-refractivity contribution in [1.29, 1.82) is 0 Å². The van der Waals surface area contributed by atoms with Gasteiger partial charge in [-0.3, -0.25) is 4.79 Å². The molecule has 2 heterocycles. The smallest absolute Gasteiger partial charge is 0.330 e. The molecule has 2 saturated heterocycles. The van der Waals surface area contributed by atoms with Gasteiger partial charge < -0.3 is 9.64 Å². The van der Waals surface area contributed by atoms with Gasteiger partial charge in [0.05, 0.1) is 11.8 Å². The van der Waals surface area contributed by atoms with Crippen molar-refractivity contribution in [3.63, 3.8) is 0 Å². The third-order valence-corrected chi connectivity index (χ3v) is 5.06. The normalized spacial score (nSPS) is 31.3. The minimum Gasteiger partial charge on any atom is -0.459 e. The zero-order valence-corrected chi connectivity index (χ0v) is 12.2. The van der Waals surface area contributed by atoms with Gasteiger partial charge in [0.1, 0.15) is 12.6 Å². The Bertz CT molecular complexity index is 578. The fourth-order valence-electron chi connectivity index (χ4n) is 2.61. The molecule has 2 aliphatic rings. The number of hydrogen-bond acceptors (Lipinski definition) is 4. The van der Waals surface area contributed by atoms with E-state index in [4.69, 9.17) is 6.11 Å². The molecular weight excluding hydrogens is 274 g/mol. The van der Waals surface area contributed by atoms with E-state index in [1.54, 1.807) is 0 Å². The molecule has 106 valence electrons. The van der Waals surface area contributed by atoms with E-state index in [0.717, 1.165) is 5.56 Å². The summed E-state index contributed by atoms with van der Waals surface area (Å²) in [5.74, 6) is -0.668. The standard InChI is InChI=1S/C15H17NO3S/c1-15(2)13(16-11(17)8-12(16)20-15)14(18)19-9-10-6-4-3-5-7-10/h3-7,12-13H,8-9H2,1-2H3/t12-,13+/m1/s1/i8D/t8-,12-,13+. The van der Waals surface area contributed by atoms with Gasteiger partial charge in [-0.05, 0) is 19.4 Å². The topological polar surface area (TPSA) is 46.6 Å². The molecule has 0 aliphatic carbocycles. The fraction of sp³-hybridized carbons (Fsp3) is 0.467. The summed E-state index contributed by atoms with van der Waals surface area (Å²) in [4.78, 5) is 25.7. The number of benzene rings is 1. The van der Waals surface area contributed by atoms with Crippen LogP contribution in [-0.4, -0.2) is 32.9 Å². The maximum Gasteiger partial charge on any atom is 0.330 e. The van der Waals surface area contributed by atoms with Crippen LogP contribution in [0.4, 0.5) is 0 Å². The molecule has 3 atom stereocenters. The highest BCUT2D eigenvalue weighted by molar-refractivity contribution is 8.01. The number of amides is 1. The van der Waals surface area contributed by atoms with Gasteiger partial charge in [0.2, 0.25) is 5.91 Å². The second-order valence-corrected chi connectivity index (χ2v) is 7.29. The Labute approximate surface area is 123 Å². The molecular formula is C15H17NO3S. The molecule has 2 aliphatic heterocycles. The molecule has 1 aromatic rings. The Morgan fingerprint density at radius 2 is 2.20 bits per heavy atom. The SMILES string of the molecule is [2H][C@@H]1C(=O)N2[C@@H]1SC(C)(C)[C@@H]2C(=O)OCc1ccccc1. The van der Waals surface area contributed by atoms with Gasteiger partial charge in [-0.15, -0.1) is 11.8 Å². The first-order valence-corrected chi connectivity index (χ1v) is 7.42. The van der Waals surface area contributed by atoms with Crippen molar-refractivity contribution >= 4 is 23.6 Å². The van der Waals surface area contributed by atoms with Gasteiger partial charge in [0.15, 0.2) is 0 Å². The molecule has 0 bridgehead atoms. The number of fused-ring (bicyclic) bond motifs is 1. The third-order valence-electron chi connectivity index (χ3n) is 3.62. The van der Waals surface area contributed by atoms with Crippen LogP contribution >= 0.6 is 11.8 Å². The van der Waals surface area contributed by atoms with Crippen molar-refractivity contribution in [2.24, 2.45) is 0 Å². The second-order valence-electron chi connectivity index (χ2n) is 5.52. The van der Waals surface area contributed by atoms with Crippen LogP contribution < -0.4 is 0 Å². The van der Waals surface area contributed by atoms with Gasteiger partial charge in [0, 0.05) is 6.12 Å². The summed E-state index contributed by atoms with van der Waals surface area (Å²) in [5.41, 5.74) is 0.916. The van der Waals surface area contributed by atoms with Crippen molar-refractivity contribution in [1.82, 2.24) is 4.90 Å². The first kappa shape index (κ1) is 12.3. The number of carbonyl (C=O) groups excluding carboxylic acids is 2. The van der Waals surface area contributed by atoms with E-state index in [2.05, 4.69) is 0 Å². The van der Waals surface area contributed by atoms with Crippen LogP contribution in [0.3, 0.4) is 0 Å². The number of esters is 1. The van der Waals surface area contributed by atoms with Crippen molar-refractivity contribution in [2.75, 3.05) is 0 Å². The molecule has 0 radical (unpaired) electrons. The van der Waals surface area contributed by atoms with Crippen LogP contribution in [0.15, 0.2) is 30.3 Å². The summed E-state index contributed by atoms with van der Waals surface area (Å²) in [6.45, 7) is 4.04. The molecule has 0 aromatic heterocycles. The summed E-state index contributed by atoms with van der Waals surface area (Å²) < 4.78 is 12.7. The molecule has 0 unspecified atom stereocenters. The lowest BCUT2D eigenvalue weighted by Gasteiger charge is -2.37. The maximum absolute atomic E-state index is 12.4. The van der Waals surface area contributed by atoms with Crippen molar-refractivity contribution in [3.8, 4) is 0 Å². The molecule has 0 spiro atoms. The Morgan fingerprint density at radius 1 is 1.50 bits per heavy atom. The van der Waals surface area contributed by atoms with Gasteiger partial charge in [0.25, 0.3) is 0 Å². The van der Waals surface area contributed by atoms with E-state index in [0.29, 0.717) is 0 Å². The van der Waals surface area contributed by atoms with E-state index in [1.165, 1.54) is 16.7 Å². The molecule has 3 rings (SSSR count). The van der Waals surface area contributed by atoms with Crippen LogP contribution in [-0.2, 0) is 20.9 Å². The van der Waals surface area contributed by atoms with Gasteiger partial charge in [-0.1, -0.05) is 30.3 Å². The van der Waals surface area contributed by atoms with Gasteiger partial charge >= 0.3 is 5.97 Å². The summed E-state index contributed by atoms with van der Waals surface area (Å²) in [6, 6.07) is 8.85. The number of carbonyl (C=O) groups is 2. The summed E-state index contributed by atoms with van der Waals surface area (Å²) >= 11 is 1.50. The molecule has 4 nitrogen and oxygen atoms in total. The van der Waals surface area contributed by atoms with E-state index >= 15 is 0 Å². The van der Waals surface area contributed by atoms with Crippen LogP contribution in [0.5, 0.6) is 0 Å². The third kappa shape index (κ3) is 2.20. The Morgan fingerprint density at radius 3 is 2.90 bits per heavy atom. The minimum absolute atomic E-state index is 0.202. The number of hydrogen-bond donors (Lipinski definition) is 0. The largest absolute Gasteiger partial charge is 0.459 e. The van der Waals surface area contributed by atoms with E-state index in [-0.39, 0.29) is 23.9 Å². The van der Waals surface area contributed by atoms with Gasteiger partial charge in [-0.25, -0.2) is 4.79 Å². The molecule has 5 heteroatoms. The van der Waals surface area contributed by atoms with E-state index in [1.807, 2.05) is 44.2 Å². The average molecular weight is 292 g/mol. The Balaban J connectivity index is 1.70. The lowest BCUT2D eigenvalue weighted by atomic mass is 9.98. The lowest BCUT2D eigenvalue weighted by molar-refractivity contribution is -0.162. The van der Waals surface area contributed by atoms with E-state index < -0.39 is 17.2 Å². The zero-order chi connectivity index (χ0) is 15.2. The number of ether oxygens (including phenoxy) is 1. The maximum atomic E-state index is 12.4. The number of β-lactam (4-membered cyclic amide) rings is 1. The summed E-state index contributed by atoms with van der Waals surface area (Å²) in [6.07, 6.45) is -0.749. The van der Waals surface area contributed by atoms with Crippen molar-refractivity contribution in [2.45, 2.75) is 43.0 Å². The highest BCUT2D eigenvalue weighted by Crippen LogP contribution is 2.50. The minimum atomic E-state index is -0.749. The molecule has 1 aromatic carbocycles. The molecule has 0 N–H and O–H groups in total. The number of rotatable bonds is 3. The molecule has 2 fully saturated rings. The molecule has 20 heavy (non-hydrogen) atoms. The van der Waals surface area contributed by atoms with Crippen molar-refractivity contribution in [3.05, 3.63) is 35.9 Å². The predicted molar refractivity (Wildman–Crippen MR) is 76.9 cm³/mol. The Kier molecular flexibility index (Phi) is 2.95. The average Bonchev–Trinajstić information content (AvgIpc) is 2.74. The first-order valence-electron chi connectivity index (χ1n) is 7.12. The van der Waals surface area contributed by atoms with Crippen LogP contribution in [0.25, 0.3) is 0 Å². The summed E-state index contributed by atoms with van der Waals surface area (Å²) in [5, 5.41) is -0.221. The molecule has 0 saturated carbocycles. The zero-order valence-electron chi connectivity index (χ0n) is 12.4. The monoisotopic (exact) mass is 292 g/mol. The lowest BCUT2D eigenvalue weighted by Crippen LogP contribution is -2.57. The van der Waals surface area contributed by atoms with Crippen molar-refractivity contribution < 1.29 is 15.7 Å². The quantitative estimate of drug-likeness (QED) is 0.633.